The van der Waals surface area contributed by atoms with E-state index in [1.165, 1.54) is 0 Å². The largest absolute Gasteiger partial charge is 0.472 e. The molecule has 1 heterocycles. The minimum absolute atomic E-state index is 0.172. The van der Waals surface area contributed by atoms with E-state index in [1.807, 2.05) is 12.1 Å². The maximum atomic E-state index is 8.79. The van der Waals surface area contributed by atoms with Gasteiger partial charge in [-0.05, 0) is 6.07 Å². The van der Waals surface area contributed by atoms with E-state index in [2.05, 4.69) is 11.5 Å². The second-order valence-corrected chi connectivity index (χ2v) is 2.88. The van der Waals surface area contributed by atoms with Crippen molar-refractivity contribution in [3.63, 3.8) is 0 Å². The van der Waals surface area contributed by atoms with E-state index in [1.54, 1.807) is 12.5 Å². The van der Waals surface area contributed by atoms with E-state index in [0.29, 0.717) is 6.54 Å². The highest BCUT2D eigenvalue weighted by Crippen LogP contribution is 2.04. The molecule has 0 radical (unpaired) electrons. The summed E-state index contributed by atoms with van der Waals surface area (Å²) in [6.45, 7) is 6.08. The fourth-order valence-electron chi connectivity index (χ4n) is 1.20. The summed E-state index contributed by atoms with van der Waals surface area (Å²) in [5.74, 6) is 0. The topological polar surface area (TPSA) is 36.6 Å². The third-order valence-electron chi connectivity index (χ3n) is 1.79. The van der Waals surface area contributed by atoms with Gasteiger partial charge in [0.25, 0.3) is 0 Å². The van der Waals surface area contributed by atoms with Crippen molar-refractivity contribution in [2.24, 2.45) is 0 Å². The highest BCUT2D eigenvalue weighted by Gasteiger charge is 2.03. The summed E-state index contributed by atoms with van der Waals surface area (Å²) in [5.41, 5.74) is 1.12. The van der Waals surface area contributed by atoms with Crippen molar-refractivity contribution in [3.05, 3.63) is 36.8 Å². The lowest BCUT2D eigenvalue weighted by Crippen LogP contribution is -2.26. The van der Waals surface area contributed by atoms with E-state index >= 15 is 0 Å². The quantitative estimate of drug-likeness (QED) is 0.671. The van der Waals surface area contributed by atoms with E-state index in [0.717, 1.165) is 18.7 Å². The molecule has 1 rings (SSSR count). The van der Waals surface area contributed by atoms with Crippen molar-refractivity contribution >= 4 is 0 Å². The Morgan fingerprint density at radius 1 is 1.62 bits per heavy atom. The van der Waals surface area contributed by atoms with Crippen LogP contribution in [0.15, 0.2) is 35.7 Å². The lowest BCUT2D eigenvalue weighted by atomic mass is 10.3. The highest BCUT2D eigenvalue weighted by molar-refractivity contribution is 5.05. The minimum Gasteiger partial charge on any atom is -0.472 e. The Labute approximate surface area is 78.3 Å². The number of furan rings is 1. The van der Waals surface area contributed by atoms with Crippen LogP contribution in [0.2, 0.25) is 0 Å². The van der Waals surface area contributed by atoms with Crippen molar-refractivity contribution in [1.29, 1.82) is 0 Å². The molecule has 3 nitrogen and oxygen atoms in total. The van der Waals surface area contributed by atoms with E-state index < -0.39 is 0 Å². The molecule has 0 saturated heterocycles. The van der Waals surface area contributed by atoms with Gasteiger partial charge in [0.15, 0.2) is 0 Å². The van der Waals surface area contributed by atoms with Gasteiger partial charge in [0.05, 0.1) is 19.1 Å². The van der Waals surface area contributed by atoms with Gasteiger partial charge in [-0.15, -0.1) is 6.58 Å². The normalized spacial score (nSPS) is 10.6. The molecule has 0 bridgehead atoms. The van der Waals surface area contributed by atoms with Crippen LogP contribution in [0.5, 0.6) is 0 Å². The second kappa shape index (κ2) is 5.56. The van der Waals surface area contributed by atoms with Gasteiger partial charge in [0.2, 0.25) is 0 Å². The number of hydrogen-bond acceptors (Lipinski definition) is 3. The Kier molecular flexibility index (Phi) is 4.29. The SMILES string of the molecule is C=CCN(CCO)Cc1ccoc1. The molecular weight excluding hydrogens is 166 g/mol. The molecule has 3 heteroatoms. The van der Waals surface area contributed by atoms with Gasteiger partial charge in [-0.25, -0.2) is 0 Å². The highest BCUT2D eigenvalue weighted by atomic mass is 16.3. The summed E-state index contributed by atoms with van der Waals surface area (Å²) in [4.78, 5) is 2.10. The molecule has 0 saturated carbocycles. The number of aliphatic hydroxyl groups is 1. The van der Waals surface area contributed by atoms with Crippen LogP contribution in [0.25, 0.3) is 0 Å². The lowest BCUT2D eigenvalue weighted by molar-refractivity contribution is 0.203. The van der Waals surface area contributed by atoms with E-state index in [9.17, 15) is 0 Å². The standard InChI is InChI=1S/C10H15NO2/c1-2-4-11(5-6-12)8-10-3-7-13-9-10/h2-3,7,9,12H,1,4-6,8H2. The number of hydrogen-bond donors (Lipinski definition) is 1. The molecule has 13 heavy (non-hydrogen) atoms. The van der Waals surface area contributed by atoms with Gasteiger partial charge in [-0.1, -0.05) is 6.08 Å². The van der Waals surface area contributed by atoms with Crippen LogP contribution in [0, 0.1) is 0 Å². The molecule has 0 atom stereocenters. The molecule has 0 amide bonds. The van der Waals surface area contributed by atoms with Gasteiger partial charge in [0, 0.05) is 25.2 Å². The van der Waals surface area contributed by atoms with E-state index in [-0.39, 0.29) is 6.61 Å². The molecule has 0 fully saturated rings. The molecule has 0 spiro atoms. The van der Waals surface area contributed by atoms with Crippen LogP contribution in [-0.2, 0) is 6.54 Å². The van der Waals surface area contributed by atoms with Crippen molar-refractivity contribution in [1.82, 2.24) is 4.90 Å². The van der Waals surface area contributed by atoms with Gasteiger partial charge in [-0.2, -0.15) is 0 Å². The zero-order chi connectivity index (χ0) is 9.52. The van der Waals surface area contributed by atoms with Crippen molar-refractivity contribution in [3.8, 4) is 0 Å². The van der Waals surface area contributed by atoms with Crippen molar-refractivity contribution < 1.29 is 9.52 Å². The van der Waals surface area contributed by atoms with Crippen LogP contribution in [0.1, 0.15) is 5.56 Å². The molecule has 0 aliphatic carbocycles. The Balaban J connectivity index is 2.42. The van der Waals surface area contributed by atoms with Crippen molar-refractivity contribution in [2.75, 3.05) is 19.7 Å². The third-order valence-corrected chi connectivity index (χ3v) is 1.79. The minimum atomic E-state index is 0.172. The first-order chi connectivity index (χ1) is 6.36. The molecule has 1 aromatic heterocycles. The van der Waals surface area contributed by atoms with Gasteiger partial charge >= 0.3 is 0 Å². The molecule has 72 valence electrons. The summed E-state index contributed by atoms with van der Waals surface area (Å²) in [5, 5.41) is 8.79. The first-order valence-corrected chi connectivity index (χ1v) is 4.32. The van der Waals surface area contributed by atoms with Crippen LogP contribution >= 0.6 is 0 Å². The zero-order valence-electron chi connectivity index (χ0n) is 7.65. The average Bonchev–Trinajstić information content (AvgIpc) is 2.58. The van der Waals surface area contributed by atoms with Crippen LogP contribution in [0.4, 0.5) is 0 Å². The maximum absolute atomic E-state index is 8.79. The second-order valence-electron chi connectivity index (χ2n) is 2.88. The smallest absolute Gasteiger partial charge is 0.0947 e. The van der Waals surface area contributed by atoms with E-state index in [4.69, 9.17) is 9.52 Å². The monoisotopic (exact) mass is 181 g/mol. The van der Waals surface area contributed by atoms with Gasteiger partial charge < -0.3 is 9.52 Å². The van der Waals surface area contributed by atoms with Gasteiger partial charge in [0.1, 0.15) is 0 Å². The molecule has 0 aromatic carbocycles. The first-order valence-electron chi connectivity index (χ1n) is 4.32. The Hall–Kier alpha value is -1.06. The maximum Gasteiger partial charge on any atom is 0.0947 e. The molecule has 1 N–H and O–H groups in total. The summed E-state index contributed by atoms with van der Waals surface area (Å²) in [7, 11) is 0. The Morgan fingerprint density at radius 2 is 2.46 bits per heavy atom. The summed E-state index contributed by atoms with van der Waals surface area (Å²) < 4.78 is 4.96. The molecular formula is C10H15NO2. The predicted molar refractivity (Wildman–Crippen MR) is 51.3 cm³/mol. The average molecular weight is 181 g/mol. The fourth-order valence-corrected chi connectivity index (χ4v) is 1.20. The summed E-state index contributed by atoms with van der Waals surface area (Å²) in [6, 6.07) is 1.92. The van der Waals surface area contributed by atoms with Crippen LogP contribution in [0.3, 0.4) is 0 Å². The van der Waals surface area contributed by atoms with Crippen LogP contribution in [-0.4, -0.2) is 29.7 Å². The third kappa shape index (κ3) is 3.44. The van der Waals surface area contributed by atoms with Crippen molar-refractivity contribution in [2.45, 2.75) is 6.54 Å². The Bertz CT molecular complexity index is 231. The zero-order valence-corrected chi connectivity index (χ0v) is 7.65. The molecule has 1 aromatic rings. The number of aliphatic hydroxyl groups excluding tert-OH is 1. The fraction of sp³-hybridized carbons (Fsp3) is 0.400. The summed E-state index contributed by atoms with van der Waals surface area (Å²) in [6.07, 6.45) is 5.20. The molecule has 0 aliphatic heterocycles. The van der Waals surface area contributed by atoms with Crippen LogP contribution < -0.4 is 0 Å². The number of nitrogens with zero attached hydrogens (tertiary/aromatic N) is 1. The molecule has 0 aliphatic rings. The Morgan fingerprint density at radius 3 is 3.00 bits per heavy atom. The number of rotatable bonds is 6. The predicted octanol–water partition coefficient (Wildman–Crippen LogP) is 1.26. The summed E-state index contributed by atoms with van der Waals surface area (Å²) >= 11 is 0. The van der Waals surface area contributed by atoms with Gasteiger partial charge in [-0.3, -0.25) is 4.90 Å². The lowest BCUT2D eigenvalue weighted by Gasteiger charge is -2.17. The first kappa shape index (κ1) is 10.0. The molecule has 0 unspecified atom stereocenters.